The maximum Gasteiger partial charge on any atom is 0.00826 e. The van der Waals surface area contributed by atoms with Crippen LogP contribution < -0.4 is 5.73 Å². The molecule has 0 aromatic heterocycles. The Kier molecular flexibility index (Phi) is 5.35. The van der Waals surface area contributed by atoms with Gasteiger partial charge in [0.25, 0.3) is 0 Å². The number of hydrogen-bond acceptors (Lipinski definition) is 2. The van der Waals surface area contributed by atoms with Crippen LogP contribution in [-0.4, -0.2) is 30.6 Å². The van der Waals surface area contributed by atoms with Crippen LogP contribution in [0.15, 0.2) is 0 Å². The van der Waals surface area contributed by atoms with Gasteiger partial charge in [-0.3, -0.25) is 0 Å². The lowest BCUT2D eigenvalue weighted by molar-refractivity contribution is 0.242. The third kappa shape index (κ3) is 3.20. The van der Waals surface area contributed by atoms with Gasteiger partial charge < -0.3 is 10.6 Å². The Bertz CT molecular complexity index is 251. The Labute approximate surface area is 118 Å². The second-order valence-electron chi connectivity index (χ2n) is 6.74. The summed E-state index contributed by atoms with van der Waals surface area (Å²) < 4.78 is 0. The van der Waals surface area contributed by atoms with E-state index in [9.17, 15) is 0 Å². The predicted molar refractivity (Wildman–Crippen MR) is 79.1 cm³/mol. The minimum Gasteiger partial charge on any atom is -0.327 e. The number of rotatable bonds is 2. The average molecular weight is 273 g/mol. The molecule has 2 aliphatic carbocycles. The highest BCUT2D eigenvalue weighted by Crippen LogP contribution is 2.38. The Morgan fingerprint density at radius 1 is 0.889 bits per heavy atom. The van der Waals surface area contributed by atoms with Crippen molar-refractivity contribution in [1.82, 2.24) is 4.90 Å². The first kappa shape index (κ1) is 14.6. The van der Waals surface area contributed by atoms with Crippen molar-refractivity contribution in [2.24, 2.45) is 23.5 Å². The van der Waals surface area contributed by atoms with Crippen molar-refractivity contribution in [1.29, 1.82) is 0 Å². The topological polar surface area (TPSA) is 29.3 Å². The number of likely N-dealkylation sites (tertiary alicyclic amines) is 1. The first-order chi connectivity index (χ1) is 8.33. The van der Waals surface area contributed by atoms with Gasteiger partial charge in [-0.15, -0.1) is 12.4 Å². The number of nitrogens with zero attached hydrogens (tertiary/aromatic N) is 1. The van der Waals surface area contributed by atoms with Crippen molar-refractivity contribution in [2.75, 3.05) is 19.6 Å². The molecule has 3 atom stereocenters. The Balaban J connectivity index is 0.00000120. The van der Waals surface area contributed by atoms with Crippen molar-refractivity contribution in [3.63, 3.8) is 0 Å². The molecular formula is C15H29ClN2. The fraction of sp³-hybridized carbons (Fsp3) is 1.00. The van der Waals surface area contributed by atoms with Crippen LogP contribution in [-0.2, 0) is 0 Å². The highest BCUT2D eigenvalue weighted by molar-refractivity contribution is 5.85. The summed E-state index contributed by atoms with van der Waals surface area (Å²) in [6.07, 6.45) is 11.6. The molecule has 106 valence electrons. The molecule has 2 saturated carbocycles. The minimum atomic E-state index is 0. The molecular weight excluding hydrogens is 244 g/mol. The SMILES string of the molecule is Cl.NC1CCC2CN(CC3CCCCCC3)CC12. The summed E-state index contributed by atoms with van der Waals surface area (Å²) in [5, 5.41) is 0. The van der Waals surface area contributed by atoms with E-state index in [1.54, 1.807) is 0 Å². The molecule has 0 amide bonds. The largest absolute Gasteiger partial charge is 0.327 e. The molecule has 2 nitrogen and oxygen atoms in total. The quantitative estimate of drug-likeness (QED) is 0.783. The third-order valence-electron chi connectivity index (χ3n) is 5.48. The molecule has 1 heterocycles. The van der Waals surface area contributed by atoms with E-state index in [1.807, 2.05) is 0 Å². The first-order valence-electron chi connectivity index (χ1n) is 7.81. The van der Waals surface area contributed by atoms with Crippen molar-refractivity contribution in [3.8, 4) is 0 Å². The van der Waals surface area contributed by atoms with Crippen LogP contribution in [0.4, 0.5) is 0 Å². The Morgan fingerprint density at radius 2 is 1.61 bits per heavy atom. The minimum absolute atomic E-state index is 0. The van der Waals surface area contributed by atoms with Gasteiger partial charge in [-0.2, -0.15) is 0 Å². The van der Waals surface area contributed by atoms with Gasteiger partial charge >= 0.3 is 0 Å². The number of hydrogen-bond donors (Lipinski definition) is 1. The third-order valence-corrected chi connectivity index (χ3v) is 5.48. The van der Waals surface area contributed by atoms with Crippen molar-refractivity contribution >= 4 is 12.4 Å². The van der Waals surface area contributed by atoms with Crippen LogP contribution >= 0.6 is 12.4 Å². The summed E-state index contributed by atoms with van der Waals surface area (Å²) >= 11 is 0. The van der Waals surface area contributed by atoms with E-state index in [-0.39, 0.29) is 12.4 Å². The molecule has 3 unspecified atom stereocenters. The van der Waals surface area contributed by atoms with E-state index < -0.39 is 0 Å². The van der Waals surface area contributed by atoms with Gasteiger partial charge in [0.15, 0.2) is 0 Å². The molecule has 0 bridgehead atoms. The lowest BCUT2D eigenvalue weighted by atomic mass is 9.98. The molecule has 0 spiro atoms. The van der Waals surface area contributed by atoms with Gasteiger partial charge in [-0.25, -0.2) is 0 Å². The van der Waals surface area contributed by atoms with Crippen LogP contribution in [0.2, 0.25) is 0 Å². The summed E-state index contributed by atoms with van der Waals surface area (Å²) in [5.74, 6) is 2.77. The van der Waals surface area contributed by atoms with Crippen LogP contribution in [0, 0.1) is 17.8 Å². The zero-order valence-electron chi connectivity index (χ0n) is 11.5. The van der Waals surface area contributed by atoms with E-state index >= 15 is 0 Å². The zero-order chi connectivity index (χ0) is 11.7. The summed E-state index contributed by atoms with van der Waals surface area (Å²) in [6.45, 7) is 4.04. The van der Waals surface area contributed by atoms with Gasteiger partial charge in [0.1, 0.15) is 0 Å². The van der Waals surface area contributed by atoms with Crippen LogP contribution in [0.25, 0.3) is 0 Å². The molecule has 3 aliphatic rings. The molecule has 3 rings (SSSR count). The van der Waals surface area contributed by atoms with Gasteiger partial charge in [-0.05, 0) is 43.4 Å². The standard InChI is InChI=1S/C15H28N2.ClH/c16-15-8-7-13-10-17(11-14(13)15)9-12-5-3-1-2-4-6-12;/h12-15H,1-11,16H2;1H. The number of halogens is 1. The summed E-state index contributed by atoms with van der Waals surface area (Å²) in [7, 11) is 0. The van der Waals surface area contributed by atoms with E-state index in [2.05, 4.69) is 4.90 Å². The van der Waals surface area contributed by atoms with Crippen molar-refractivity contribution in [2.45, 2.75) is 57.4 Å². The zero-order valence-corrected chi connectivity index (χ0v) is 12.3. The van der Waals surface area contributed by atoms with Gasteiger partial charge in [0.05, 0.1) is 0 Å². The van der Waals surface area contributed by atoms with E-state index in [4.69, 9.17) is 5.73 Å². The van der Waals surface area contributed by atoms with Crippen LogP contribution in [0.1, 0.15) is 51.4 Å². The van der Waals surface area contributed by atoms with Crippen LogP contribution in [0.3, 0.4) is 0 Å². The van der Waals surface area contributed by atoms with E-state index in [0.717, 1.165) is 17.8 Å². The molecule has 0 aromatic carbocycles. The summed E-state index contributed by atoms with van der Waals surface area (Å²) in [5.41, 5.74) is 6.21. The normalized spacial score (nSPS) is 38.2. The van der Waals surface area contributed by atoms with E-state index in [1.165, 1.54) is 71.0 Å². The second-order valence-corrected chi connectivity index (χ2v) is 6.74. The lowest BCUT2D eigenvalue weighted by Gasteiger charge is -2.23. The average Bonchev–Trinajstić information content (AvgIpc) is 2.73. The fourth-order valence-electron chi connectivity index (χ4n) is 4.46. The van der Waals surface area contributed by atoms with Gasteiger partial charge in [0, 0.05) is 25.7 Å². The summed E-state index contributed by atoms with van der Waals surface area (Å²) in [4.78, 5) is 2.74. The summed E-state index contributed by atoms with van der Waals surface area (Å²) in [6, 6.07) is 0.513. The molecule has 0 radical (unpaired) electrons. The maximum absolute atomic E-state index is 6.21. The monoisotopic (exact) mass is 272 g/mol. The molecule has 3 fully saturated rings. The Morgan fingerprint density at radius 3 is 2.28 bits per heavy atom. The number of nitrogens with two attached hydrogens (primary N) is 1. The van der Waals surface area contributed by atoms with Gasteiger partial charge in [0.2, 0.25) is 0 Å². The lowest BCUT2D eigenvalue weighted by Crippen LogP contribution is -2.32. The van der Waals surface area contributed by atoms with Crippen LogP contribution in [0.5, 0.6) is 0 Å². The first-order valence-corrected chi connectivity index (χ1v) is 7.81. The molecule has 18 heavy (non-hydrogen) atoms. The highest BCUT2D eigenvalue weighted by Gasteiger charge is 2.41. The number of fused-ring (bicyclic) bond motifs is 1. The smallest absolute Gasteiger partial charge is 0.00826 e. The molecule has 2 N–H and O–H groups in total. The molecule has 1 aliphatic heterocycles. The Hall–Kier alpha value is 0.210. The van der Waals surface area contributed by atoms with Gasteiger partial charge in [-0.1, -0.05) is 25.7 Å². The maximum atomic E-state index is 6.21. The highest BCUT2D eigenvalue weighted by atomic mass is 35.5. The molecule has 3 heteroatoms. The van der Waals surface area contributed by atoms with Crippen molar-refractivity contribution in [3.05, 3.63) is 0 Å². The molecule has 0 aromatic rings. The fourth-order valence-corrected chi connectivity index (χ4v) is 4.46. The second kappa shape index (κ2) is 6.58. The molecule has 1 saturated heterocycles. The van der Waals surface area contributed by atoms with E-state index in [0.29, 0.717) is 6.04 Å². The predicted octanol–water partition coefficient (Wildman–Crippen LogP) is 3.05. The van der Waals surface area contributed by atoms with Crippen molar-refractivity contribution < 1.29 is 0 Å².